The summed E-state index contributed by atoms with van der Waals surface area (Å²) in [7, 11) is 1.55. The van der Waals surface area contributed by atoms with Crippen molar-refractivity contribution < 1.29 is 19.1 Å². The molecule has 3 N–H and O–H groups in total. The van der Waals surface area contributed by atoms with E-state index in [0.717, 1.165) is 16.6 Å². The highest BCUT2D eigenvalue weighted by Crippen LogP contribution is 2.35. The van der Waals surface area contributed by atoms with Crippen molar-refractivity contribution in [1.82, 2.24) is 10.3 Å². The first-order chi connectivity index (χ1) is 19.1. The molecular formula is C29H27Cl2N5O4. The number of pyridine rings is 1. The van der Waals surface area contributed by atoms with Gasteiger partial charge < -0.3 is 25.6 Å². The summed E-state index contributed by atoms with van der Waals surface area (Å²) < 4.78 is 6.03. The van der Waals surface area contributed by atoms with Crippen molar-refractivity contribution in [3.8, 4) is 5.75 Å². The van der Waals surface area contributed by atoms with Gasteiger partial charge >= 0.3 is 6.03 Å². The Balaban J connectivity index is 1.39. The second-order valence-corrected chi connectivity index (χ2v) is 9.72. The highest BCUT2D eigenvalue weighted by Gasteiger charge is 2.19. The molecule has 0 aliphatic heterocycles. The number of hydrogen-bond acceptors (Lipinski definition) is 5. The lowest BCUT2D eigenvalue weighted by Gasteiger charge is -2.21. The smallest absolute Gasteiger partial charge is 0.319 e. The Morgan fingerprint density at radius 3 is 2.42 bits per heavy atom. The molecule has 0 unspecified atom stereocenters. The van der Waals surface area contributed by atoms with E-state index in [1.54, 1.807) is 43.4 Å². The van der Waals surface area contributed by atoms with E-state index in [0.29, 0.717) is 33.4 Å². The molecule has 0 aliphatic carbocycles. The third kappa shape index (κ3) is 6.99. The highest BCUT2D eigenvalue weighted by atomic mass is 35.5. The zero-order valence-corrected chi connectivity index (χ0v) is 23.6. The van der Waals surface area contributed by atoms with Crippen molar-refractivity contribution in [3.63, 3.8) is 0 Å². The number of likely N-dealkylation sites (N-methyl/N-ethyl adjacent to an activating group) is 1. The summed E-state index contributed by atoms with van der Waals surface area (Å²) in [6.07, 6.45) is 0. The number of amides is 4. The lowest BCUT2D eigenvalue weighted by Crippen LogP contribution is -2.40. The van der Waals surface area contributed by atoms with Gasteiger partial charge in [0.25, 0.3) is 0 Å². The van der Waals surface area contributed by atoms with Gasteiger partial charge in [-0.25, -0.2) is 9.78 Å². The van der Waals surface area contributed by atoms with Crippen LogP contribution in [-0.2, 0) is 16.2 Å². The Bertz CT molecular complexity index is 1590. The standard InChI is InChI=1S/C29H27Cl2N5O4/c1-17-26(13-19-7-4-5-10-24(19)33-17)40-16-22-23(30)11-12-25(28(22)31)36(3)27(38)15-32-29(39)35-21-9-6-8-20(14-21)34-18(2)37/h4-14H,15-16H2,1-3H3,(H,34,37)(H2,32,35,39). The molecule has 0 atom stereocenters. The molecule has 3 aromatic carbocycles. The molecule has 4 amide bonds. The summed E-state index contributed by atoms with van der Waals surface area (Å²) in [6, 6.07) is 19.0. The predicted molar refractivity (Wildman–Crippen MR) is 158 cm³/mol. The van der Waals surface area contributed by atoms with Crippen molar-refractivity contribution in [2.75, 3.05) is 29.1 Å². The number of carbonyl (C=O) groups is 3. The molecule has 1 aromatic heterocycles. The minimum Gasteiger partial charge on any atom is -0.487 e. The zero-order chi connectivity index (χ0) is 28.8. The Hall–Kier alpha value is -4.34. The van der Waals surface area contributed by atoms with E-state index in [-0.39, 0.29) is 24.1 Å². The van der Waals surface area contributed by atoms with E-state index >= 15 is 0 Å². The van der Waals surface area contributed by atoms with Gasteiger partial charge in [0.1, 0.15) is 12.4 Å². The van der Waals surface area contributed by atoms with Crippen LogP contribution in [0, 0.1) is 6.92 Å². The molecule has 9 nitrogen and oxygen atoms in total. The van der Waals surface area contributed by atoms with Crippen LogP contribution < -0.4 is 25.6 Å². The van der Waals surface area contributed by atoms with Gasteiger partial charge in [0, 0.05) is 41.3 Å². The maximum absolute atomic E-state index is 12.9. The zero-order valence-electron chi connectivity index (χ0n) is 22.0. The van der Waals surface area contributed by atoms with E-state index in [1.807, 2.05) is 37.3 Å². The van der Waals surface area contributed by atoms with Crippen LogP contribution in [0.25, 0.3) is 10.9 Å². The maximum Gasteiger partial charge on any atom is 0.319 e. The number of urea groups is 1. The molecule has 206 valence electrons. The van der Waals surface area contributed by atoms with Crippen LogP contribution in [0.4, 0.5) is 21.9 Å². The highest BCUT2D eigenvalue weighted by molar-refractivity contribution is 6.38. The second-order valence-electron chi connectivity index (χ2n) is 8.93. The first-order valence-electron chi connectivity index (χ1n) is 12.3. The Morgan fingerprint density at radius 2 is 1.68 bits per heavy atom. The molecule has 0 spiro atoms. The lowest BCUT2D eigenvalue weighted by molar-refractivity contribution is -0.117. The summed E-state index contributed by atoms with van der Waals surface area (Å²) in [6.45, 7) is 3.02. The summed E-state index contributed by atoms with van der Waals surface area (Å²) >= 11 is 13.1. The normalized spacial score (nSPS) is 10.6. The topological polar surface area (TPSA) is 113 Å². The van der Waals surface area contributed by atoms with Crippen molar-refractivity contribution in [2.45, 2.75) is 20.5 Å². The third-order valence-corrected chi connectivity index (χ3v) is 6.76. The molecule has 0 aliphatic rings. The third-order valence-electron chi connectivity index (χ3n) is 5.98. The Kier molecular flexibility index (Phi) is 9.08. The van der Waals surface area contributed by atoms with Crippen molar-refractivity contribution in [3.05, 3.63) is 88.0 Å². The van der Waals surface area contributed by atoms with Gasteiger partial charge in [-0.2, -0.15) is 0 Å². The average molecular weight is 580 g/mol. The number of rotatable bonds is 8. The van der Waals surface area contributed by atoms with Crippen LogP contribution >= 0.6 is 23.2 Å². The summed E-state index contributed by atoms with van der Waals surface area (Å²) in [5.74, 6) is -0.0436. The number of anilines is 3. The molecule has 4 rings (SSSR count). The molecule has 0 fully saturated rings. The number of para-hydroxylation sites is 1. The number of aromatic nitrogens is 1. The molecule has 0 bridgehead atoms. The monoisotopic (exact) mass is 579 g/mol. The van der Waals surface area contributed by atoms with Crippen LogP contribution in [0.2, 0.25) is 10.0 Å². The van der Waals surface area contributed by atoms with Crippen LogP contribution in [-0.4, -0.2) is 36.4 Å². The van der Waals surface area contributed by atoms with Crippen LogP contribution in [0.1, 0.15) is 18.2 Å². The minimum atomic E-state index is -0.586. The molecule has 11 heteroatoms. The van der Waals surface area contributed by atoms with E-state index in [4.69, 9.17) is 27.9 Å². The van der Waals surface area contributed by atoms with Gasteiger partial charge in [0.05, 0.1) is 28.5 Å². The number of fused-ring (bicyclic) bond motifs is 1. The number of ether oxygens (including phenoxy) is 1. The quantitative estimate of drug-likeness (QED) is 0.231. The fourth-order valence-corrected chi connectivity index (χ4v) is 4.53. The number of hydrogen-bond donors (Lipinski definition) is 3. The summed E-state index contributed by atoms with van der Waals surface area (Å²) in [5.41, 5.74) is 3.50. The fraction of sp³-hybridized carbons (Fsp3) is 0.172. The van der Waals surface area contributed by atoms with Crippen molar-refractivity contribution in [1.29, 1.82) is 0 Å². The van der Waals surface area contributed by atoms with E-state index in [9.17, 15) is 14.4 Å². The van der Waals surface area contributed by atoms with Crippen LogP contribution in [0.3, 0.4) is 0 Å². The maximum atomic E-state index is 12.9. The Labute approximate surface area is 241 Å². The van der Waals surface area contributed by atoms with Gasteiger partial charge in [0.15, 0.2) is 0 Å². The minimum absolute atomic E-state index is 0.0621. The SMILES string of the molecule is CC(=O)Nc1cccc(NC(=O)NCC(=O)N(C)c2ccc(Cl)c(COc3cc4ccccc4nc3C)c2Cl)c1. The number of nitrogens with zero attached hydrogens (tertiary/aromatic N) is 2. The average Bonchev–Trinajstić information content (AvgIpc) is 2.91. The van der Waals surface area contributed by atoms with Crippen LogP contribution in [0.5, 0.6) is 5.75 Å². The van der Waals surface area contributed by atoms with E-state index in [2.05, 4.69) is 20.9 Å². The fourth-order valence-electron chi connectivity index (χ4n) is 3.93. The number of nitrogens with one attached hydrogen (secondary N) is 3. The molecule has 1 heterocycles. The van der Waals surface area contributed by atoms with Gasteiger partial charge in [-0.3, -0.25) is 9.59 Å². The second kappa shape index (κ2) is 12.7. The van der Waals surface area contributed by atoms with Crippen molar-refractivity contribution >= 4 is 69.0 Å². The first kappa shape index (κ1) is 28.7. The molecule has 0 saturated carbocycles. The van der Waals surface area contributed by atoms with E-state index in [1.165, 1.54) is 11.8 Å². The first-order valence-corrected chi connectivity index (χ1v) is 13.0. The summed E-state index contributed by atoms with van der Waals surface area (Å²) in [4.78, 5) is 42.4. The molecule has 4 aromatic rings. The number of aryl methyl sites for hydroxylation is 1. The van der Waals surface area contributed by atoms with Crippen molar-refractivity contribution in [2.24, 2.45) is 0 Å². The molecule has 0 radical (unpaired) electrons. The van der Waals surface area contributed by atoms with Gasteiger partial charge in [-0.05, 0) is 49.4 Å². The lowest BCUT2D eigenvalue weighted by atomic mass is 10.1. The number of carbonyl (C=O) groups excluding carboxylic acids is 3. The predicted octanol–water partition coefficient (Wildman–Crippen LogP) is 6.17. The molecule has 40 heavy (non-hydrogen) atoms. The number of halogens is 2. The summed E-state index contributed by atoms with van der Waals surface area (Å²) in [5, 5.41) is 9.38. The molecular weight excluding hydrogens is 553 g/mol. The van der Waals surface area contributed by atoms with Gasteiger partial charge in [0.2, 0.25) is 11.8 Å². The Morgan fingerprint density at radius 1 is 0.950 bits per heavy atom. The van der Waals surface area contributed by atoms with E-state index < -0.39 is 11.9 Å². The number of benzene rings is 3. The molecule has 0 saturated heterocycles. The van der Waals surface area contributed by atoms with Crippen LogP contribution in [0.15, 0.2) is 66.7 Å². The van der Waals surface area contributed by atoms with Gasteiger partial charge in [-0.15, -0.1) is 0 Å². The van der Waals surface area contributed by atoms with Gasteiger partial charge in [-0.1, -0.05) is 47.5 Å². The largest absolute Gasteiger partial charge is 0.487 e.